The lowest BCUT2D eigenvalue weighted by atomic mass is 9.97. The molecule has 1 aromatic rings. The van der Waals surface area contributed by atoms with Crippen molar-refractivity contribution >= 4 is 21.9 Å². The number of aliphatic carboxylic acids is 1. The highest BCUT2D eigenvalue weighted by Gasteiger charge is 2.17. The molecule has 0 radical (unpaired) electrons. The molecule has 2 N–H and O–H groups in total. The summed E-state index contributed by atoms with van der Waals surface area (Å²) in [7, 11) is 0. The van der Waals surface area contributed by atoms with Crippen LogP contribution in [0.5, 0.6) is 0 Å². The number of aryl methyl sites for hydroxylation is 1. The van der Waals surface area contributed by atoms with Gasteiger partial charge in [0.1, 0.15) is 0 Å². The molecule has 1 aromatic carbocycles. The first kappa shape index (κ1) is 13.2. The van der Waals surface area contributed by atoms with Crippen LogP contribution in [0.4, 0.5) is 0 Å². The highest BCUT2D eigenvalue weighted by molar-refractivity contribution is 9.10. The fraction of sp³-hybridized carbons (Fsp3) is 0.417. The van der Waals surface area contributed by atoms with Crippen LogP contribution in [-0.2, 0) is 4.79 Å². The van der Waals surface area contributed by atoms with Gasteiger partial charge in [-0.1, -0.05) is 35.0 Å². The van der Waals surface area contributed by atoms with Crippen molar-refractivity contribution in [3.63, 3.8) is 0 Å². The molecular weight excluding hydrogens is 272 g/mol. The van der Waals surface area contributed by atoms with Crippen LogP contribution < -0.4 is 0 Å². The average Bonchev–Trinajstić information content (AvgIpc) is 2.21. The van der Waals surface area contributed by atoms with Crippen LogP contribution in [-0.4, -0.2) is 16.2 Å². The molecule has 0 aliphatic carbocycles. The second-order valence-corrected chi connectivity index (χ2v) is 4.85. The zero-order valence-electron chi connectivity index (χ0n) is 9.27. The first-order valence-electron chi connectivity index (χ1n) is 5.08. The molecule has 16 heavy (non-hydrogen) atoms. The van der Waals surface area contributed by atoms with E-state index in [1.807, 2.05) is 19.1 Å². The van der Waals surface area contributed by atoms with Crippen molar-refractivity contribution in [2.45, 2.75) is 26.4 Å². The largest absolute Gasteiger partial charge is 0.481 e. The Balaban J connectivity index is 2.76. The van der Waals surface area contributed by atoms with Gasteiger partial charge in [-0.3, -0.25) is 4.79 Å². The topological polar surface area (TPSA) is 57.5 Å². The van der Waals surface area contributed by atoms with Crippen LogP contribution in [0.25, 0.3) is 0 Å². The van der Waals surface area contributed by atoms with E-state index in [0.29, 0.717) is 0 Å². The minimum Gasteiger partial charge on any atom is -0.481 e. The molecule has 88 valence electrons. The number of hydrogen-bond donors (Lipinski definition) is 2. The standard InChI is InChI=1S/C12H15BrO3/c1-7-5-9(3-4-10(7)13)11(14)6-8(2)12(15)16/h3-5,8,11,14H,6H2,1-2H3,(H,15,16). The van der Waals surface area contributed by atoms with Gasteiger partial charge in [-0.15, -0.1) is 0 Å². The molecule has 1 rings (SSSR count). The molecule has 0 heterocycles. The van der Waals surface area contributed by atoms with Crippen molar-refractivity contribution < 1.29 is 15.0 Å². The fourth-order valence-electron chi connectivity index (χ4n) is 1.45. The molecule has 0 saturated heterocycles. The van der Waals surface area contributed by atoms with E-state index in [-0.39, 0.29) is 6.42 Å². The highest BCUT2D eigenvalue weighted by atomic mass is 79.9. The van der Waals surface area contributed by atoms with E-state index in [9.17, 15) is 9.90 Å². The first-order valence-corrected chi connectivity index (χ1v) is 5.88. The number of benzene rings is 1. The van der Waals surface area contributed by atoms with Crippen molar-refractivity contribution in [1.29, 1.82) is 0 Å². The summed E-state index contributed by atoms with van der Waals surface area (Å²) in [4.78, 5) is 10.7. The van der Waals surface area contributed by atoms with Gasteiger partial charge in [-0.2, -0.15) is 0 Å². The quantitative estimate of drug-likeness (QED) is 0.895. The Morgan fingerprint density at radius 1 is 1.50 bits per heavy atom. The van der Waals surface area contributed by atoms with E-state index in [1.54, 1.807) is 13.0 Å². The first-order chi connectivity index (χ1) is 7.41. The van der Waals surface area contributed by atoms with Crippen molar-refractivity contribution in [3.8, 4) is 0 Å². The molecule has 0 amide bonds. The minimum absolute atomic E-state index is 0.233. The SMILES string of the molecule is Cc1cc(C(O)CC(C)C(=O)O)ccc1Br. The maximum atomic E-state index is 10.7. The third kappa shape index (κ3) is 3.32. The van der Waals surface area contributed by atoms with E-state index in [0.717, 1.165) is 15.6 Å². The molecule has 0 saturated carbocycles. The molecule has 0 bridgehead atoms. The number of halogens is 1. The van der Waals surface area contributed by atoms with Gasteiger partial charge in [-0.05, 0) is 30.5 Å². The van der Waals surface area contributed by atoms with E-state index in [2.05, 4.69) is 15.9 Å². The lowest BCUT2D eigenvalue weighted by Gasteiger charge is -2.14. The zero-order valence-corrected chi connectivity index (χ0v) is 10.9. The van der Waals surface area contributed by atoms with Crippen molar-refractivity contribution in [2.24, 2.45) is 5.92 Å². The number of carboxylic acid groups (broad SMARTS) is 1. The van der Waals surface area contributed by atoms with Crippen molar-refractivity contribution in [3.05, 3.63) is 33.8 Å². The lowest BCUT2D eigenvalue weighted by Crippen LogP contribution is -2.13. The Labute approximate surface area is 103 Å². The van der Waals surface area contributed by atoms with Crippen LogP contribution >= 0.6 is 15.9 Å². The molecule has 2 atom stereocenters. The summed E-state index contributed by atoms with van der Waals surface area (Å²) in [6, 6.07) is 5.53. The number of hydrogen-bond acceptors (Lipinski definition) is 2. The third-order valence-electron chi connectivity index (χ3n) is 2.57. The Bertz CT molecular complexity index is 390. The third-order valence-corrected chi connectivity index (χ3v) is 3.45. The van der Waals surface area contributed by atoms with Gasteiger partial charge in [0.25, 0.3) is 0 Å². The predicted molar refractivity (Wildman–Crippen MR) is 65.3 cm³/mol. The van der Waals surface area contributed by atoms with Crippen molar-refractivity contribution in [2.75, 3.05) is 0 Å². The van der Waals surface area contributed by atoms with E-state index in [4.69, 9.17) is 5.11 Å². The van der Waals surface area contributed by atoms with Crippen LogP contribution in [0.1, 0.15) is 30.6 Å². The molecule has 4 heteroatoms. The number of aliphatic hydroxyl groups is 1. The average molecular weight is 287 g/mol. The van der Waals surface area contributed by atoms with Crippen LogP contribution in [0.15, 0.2) is 22.7 Å². The Morgan fingerprint density at radius 3 is 2.62 bits per heavy atom. The summed E-state index contributed by atoms with van der Waals surface area (Å²) in [5.74, 6) is -1.42. The van der Waals surface area contributed by atoms with Crippen molar-refractivity contribution in [1.82, 2.24) is 0 Å². The number of rotatable bonds is 4. The van der Waals surface area contributed by atoms with Gasteiger partial charge in [0.2, 0.25) is 0 Å². The molecule has 3 nitrogen and oxygen atoms in total. The smallest absolute Gasteiger partial charge is 0.306 e. The molecule has 0 aliphatic rings. The fourth-order valence-corrected chi connectivity index (χ4v) is 1.69. The number of carbonyl (C=O) groups is 1. The molecule has 0 aromatic heterocycles. The van der Waals surface area contributed by atoms with E-state index < -0.39 is 18.0 Å². The van der Waals surface area contributed by atoms with Crippen LogP contribution in [0.3, 0.4) is 0 Å². The summed E-state index contributed by atoms with van der Waals surface area (Å²) in [5.41, 5.74) is 1.79. The van der Waals surface area contributed by atoms with Gasteiger partial charge in [-0.25, -0.2) is 0 Å². The molecule has 0 aliphatic heterocycles. The Hall–Kier alpha value is -0.870. The summed E-state index contributed by atoms with van der Waals surface area (Å²) < 4.78 is 0.981. The maximum absolute atomic E-state index is 10.7. The maximum Gasteiger partial charge on any atom is 0.306 e. The minimum atomic E-state index is -0.882. The summed E-state index contributed by atoms with van der Waals surface area (Å²) >= 11 is 3.38. The Morgan fingerprint density at radius 2 is 2.12 bits per heavy atom. The van der Waals surface area contributed by atoms with Gasteiger partial charge >= 0.3 is 5.97 Å². The zero-order chi connectivity index (χ0) is 12.3. The van der Waals surface area contributed by atoms with E-state index in [1.165, 1.54) is 0 Å². The van der Waals surface area contributed by atoms with Gasteiger partial charge in [0.15, 0.2) is 0 Å². The Kier molecular flexibility index (Phi) is 4.50. The number of aliphatic hydroxyl groups excluding tert-OH is 1. The molecule has 2 unspecified atom stereocenters. The normalized spacial score (nSPS) is 14.5. The summed E-state index contributed by atoms with van der Waals surface area (Å²) in [6.07, 6.45) is -0.492. The second-order valence-electron chi connectivity index (χ2n) is 4.00. The molecule has 0 fully saturated rings. The van der Waals surface area contributed by atoms with Gasteiger partial charge < -0.3 is 10.2 Å². The van der Waals surface area contributed by atoms with Gasteiger partial charge in [0, 0.05) is 4.47 Å². The molecular formula is C12H15BrO3. The second kappa shape index (κ2) is 5.46. The van der Waals surface area contributed by atoms with Crippen LogP contribution in [0.2, 0.25) is 0 Å². The summed E-state index contributed by atoms with van der Waals surface area (Å²) in [6.45, 7) is 3.53. The predicted octanol–water partition coefficient (Wildman–Crippen LogP) is 2.90. The van der Waals surface area contributed by atoms with E-state index >= 15 is 0 Å². The van der Waals surface area contributed by atoms with Crippen LogP contribution in [0, 0.1) is 12.8 Å². The summed E-state index contributed by atoms with van der Waals surface area (Å²) in [5, 5.41) is 18.6. The van der Waals surface area contributed by atoms with Gasteiger partial charge in [0.05, 0.1) is 12.0 Å². The highest BCUT2D eigenvalue weighted by Crippen LogP contribution is 2.25. The lowest BCUT2D eigenvalue weighted by molar-refractivity contribution is -0.142. The number of carboxylic acids is 1. The monoisotopic (exact) mass is 286 g/mol. The molecule has 0 spiro atoms.